The largest absolute Gasteiger partial charge is 0.494 e. The third-order valence-corrected chi connectivity index (χ3v) is 3.76. The van der Waals surface area contributed by atoms with Crippen LogP contribution in [0.15, 0.2) is 24.3 Å². The highest BCUT2D eigenvalue weighted by atomic mass is 16.6. The van der Waals surface area contributed by atoms with Gasteiger partial charge in [0, 0.05) is 12.8 Å². The Morgan fingerprint density at radius 1 is 1.00 bits per heavy atom. The summed E-state index contributed by atoms with van der Waals surface area (Å²) in [6.45, 7) is 10.6. The van der Waals surface area contributed by atoms with E-state index in [0.717, 1.165) is 0 Å². The minimum absolute atomic E-state index is 0.0817. The first-order chi connectivity index (χ1) is 14.2. The molecule has 9 heteroatoms. The summed E-state index contributed by atoms with van der Waals surface area (Å²) < 4.78 is 15.9. The zero-order valence-electron chi connectivity index (χ0n) is 19.1. The van der Waals surface area contributed by atoms with Crippen molar-refractivity contribution in [1.82, 2.24) is 5.32 Å². The number of carbonyl (C=O) groups excluding carboxylic acids is 2. The van der Waals surface area contributed by atoms with Crippen molar-refractivity contribution in [3.05, 3.63) is 29.8 Å². The van der Waals surface area contributed by atoms with Gasteiger partial charge in [0.25, 0.3) is 0 Å². The molecular formula is C22H34N2O7. The van der Waals surface area contributed by atoms with Gasteiger partial charge in [0.15, 0.2) is 0 Å². The van der Waals surface area contributed by atoms with Crippen LogP contribution in [0.1, 0.15) is 53.5 Å². The van der Waals surface area contributed by atoms with Crippen LogP contribution in [0.3, 0.4) is 0 Å². The number of carbonyl (C=O) groups is 3. The Morgan fingerprint density at radius 3 is 2.03 bits per heavy atom. The lowest BCUT2D eigenvalue weighted by molar-refractivity contribution is -0.156. The molecule has 1 aromatic rings. The van der Waals surface area contributed by atoms with Gasteiger partial charge in [-0.3, -0.25) is 4.79 Å². The molecule has 2 unspecified atom stereocenters. The Labute approximate surface area is 183 Å². The number of benzene rings is 1. The topological polar surface area (TPSA) is 137 Å². The summed E-state index contributed by atoms with van der Waals surface area (Å²) >= 11 is 0. The van der Waals surface area contributed by atoms with Gasteiger partial charge in [-0.1, -0.05) is 12.1 Å². The maximum Gasteiger partial charge on any atom is 0.408 e. The number of alkyl carbamates (subject to hydrolysis) is 1. The van der Waals surface area contributed by atoms with Crippen molar-refractivity contribution >= 4 is 18.0 Å². The molecule has 0 aliphatic heterocycles. The molecule has 1 rings (SSSR count). The highest BCUT2D eigenvalue weighted by Crippen LogP contribution is 2.15. The van der Waals surface area contributed by atoms with Crippen LogP contribution >= 0.6 is 0 Å². The second-order valence-electron chi connectivity index (χ2n) is 9.16. The quantitative estimate of drug-likeness (QED) is 0.500. The van der Waals surface area contributed by atoms with Gasteiger partial charge in [-0.15, -0.1) is 0 Å². The van der Waals surface area contributed by atoms with Gasteiger partial charge in [-0.2, -0.15) is 0 Å². The number of carboxylic acid groups (broad SMARTS) is 1. The first-order valence-electron chi connectivity index (χ1n) is 10.1. The predicted molar refractivity (Wildman–Crippen MR) is 115 cm³/mol. The first-order valence-corrected chi connectivity index (χ1v) is 10.1. The van der Waals surface area contributed by atoms with Crippen LogP contribution in [0, 0.1) is 0 Å². The maximum absolute atomic E-state index is 11.9. The molecule has 0 aliphatic carbocycles. The van der Waals surface area contributed by atoms with Crippen molar-refractivity contribution in [2.75, 3.05) is 6.61 Å². The summed E-state index contributed by atoms with van der Waals surface area (Å²) in [5.41, 5.74) is 5.19. The van der Waals surface area contributed by atoms with Crippen LogP contribution in [0.25, 0.3) is 0 Å². The molecule has 1 amide bonds. The van der Waals surface area contributed by atoms with Gasteiger partial charge < -0.3 is 30.4 Å². The van der Waals surface area contributed by atoms with Gasteiger partial charge in [-0.05, 0) is 59.2 Å². The van der Waals surface area contributed by atoms with E-state index in [2.05, 4.69) is 5.32 Å². The van der Waals surface area contributed by atoms with E-state index in [0.29, 0.717) is 11.3 Å². The Morgan fingerprint density at radius 2 is 1.55 bits per heavy atom. The molecule has 0 spiro atoms. The Balaban J connectivity index is 2.55. The monoisotopic (exact) mass is 438 g/mol. The molecule has 0 saturated heterocycles. The fourth-order valence-corrected chi connectivity index (χ4v) is 2.41. The van der Waals surface area contributed by atoms with Crippen molar-refractivity contribution in [3.8, 4) is 5.75 Å². The first kappa shape index (κ1) is 26.2. The average molecular weight is 439 g/mol. The summed E-state index contributed by atoms with van der Waals surface area (Å²) in [5, 5.41) is 11.7. The number of carboxylic acids is 1. The summed E-state index contributed by atoms with van der Waals surface area (Å²) in [6.07, 6.45) is -0.420. The third kappa shape index (κ3) is 11.2. The van der Waals surface area contributed by atoms with Crippen molar-refractivity contribution < 1.29 is 33.7 Å². The highest BCUT2D eigenvalue weighted by Gasteiger charge is 2.24. The lowest BCUT2D eigenvalue weighted by atomic mass is 10.1. The fraction of sp³-hybridized carbons (Fsp3) is 0.591. The number of rotatable bonds is 9. The van der Waals surface area contributed by atoms with Crippen molar-refractivity contribution in [2.45, 2.75) is 77.7 Å². The standard InChI is InChI=1S/C22H34N2O7/c1-21(2,3)30-19(27)16(23)11-12-29-15-9-7-14(8-10-15)13-17(18(25)26)24-20(28)31-22(4,5)6/h7-10,16-17H,11-13,23H2,1-6H3,(H,24,28)(H,25,26). The number of esters is 1. The molecule has 0 bridgehead atoms. The van der Waals surface area contributed by atoms with Crippen LogP contribution in [0.5, 0.6) is 5.75 Å². The number of hydrogen-bond donors (Lipinski definition) is 3. The molecule has 2 atom stereocenters. The van der Waals surface area contributed by atoms with E-state index in [1.54, 1.807) is 65.8 Å². The Kier molecular flexibility index (Phi) is 9.30. The molecular weight excluding hydrogens is 404 g/mol. The van der Waals surface area contributed by atoms with Gasteiger partial charge in [0.1, 0.15) is 29.0 Å². The SMILES string of the molecule is CC(C)(C)OC(=O)NC(Cc1ccc(OCCC(N)C(=O)OC(C)(C)C)cc1)C(=O)O. The van der Waals surface area contributed by atoms with Gasteiger partial charge in [-0.25, -0.2) is 9.59 Å². The second-order valence-corrected chi connectivity index (χ2v) is 9.16. The Bertz CT molecular complexity index is 749. The summed E-state index contributed by atoms with van der Waals surface area (Å²) in [5.74, 6) is -1.10. The normalized spacial score (nSPS) is 13.6. The van der Waals surface area contributed by atoms with Crippen LogP contribution < -0.4 is 15.8 Å². The van der Waals surface area contributed by atoms with E-state index < -0.39 is 41.3 Å². The van der Waals surface area contributed by atoms with E-state index >= 15 is 0 Å². The number of aliphatic carboxylic acids is 1. The van der Waals surface area contributed by atoms with E-state index in [1.165, 1.54) is 0 Å². The lowest BCUT2D eigenvalue weighted by Crippen LogP contribution is -2.44. The fourth-order valence-electron chi connectivity index (χ4n) is 2.41. The highest BCUT2D eigenvalue weighted by molar-refractivity contribution is 5.80. The van der Waals surface area contributed by atoms with Crippen molar-refractivity contribution in [1.29, 1.82) is 0 Å². The number of ether oxygens (including phenoxy) is 3. The summed E-state index contributed by atoms with van der Waals surface area (Å²) in [4.78, 5) is 35.2. The lowest BCUT2D eigenvalue weighted by Gasteiger charge is -2.22. The third-order valence-electron chi connectivity index (χ3n) is 3.76. The van der Waals surface area contributed by atoms with Crippen LogP contribution in [0.4, 0.5) is 4.79 Å². The molecule has 0 fully saturated rings. The number of amides is 1. The van der Waals surface area contributed by atoms with E-state index in [1.807, 2.05) is 0 Å². The molecule has 174 valence electrons. The number of hydrogen-bond acceptors (Lipinski definition) is 7. The number of nitrogens with two attached hydrogens (primary N) is 1. The summed E-state index contributed by atoms with van der Waals surface area (Å²) in [7, 11) is 0. The minimum Gasteiger partial charge on any atom is -0.494 e. The maximum atomic E-state index is 11.9. The second kappa shape index (κ2) is 11.0. The molecule has 0 heterocycles. The van der Waals surface area contributed by atoms with Gasteiger partial charge in [0.2, 0.25) is 0 Å². The molecule has 0 aliphatic rings. The van der Waals surface area contributed by atoms with Crippen LogP contribution in [0.2, 0.25) is 0 Å². The van der Waals surface area contributed by atoms with Gasteiger partial charge >= 0.3 is 18.0 Å². The van der Waals surface area contributed by atoms with Gasteiger partial charge in [0.05, 0.1) is 6.61 Å². The number of nitrogens with one attached hydrogen (secondary N) is 1. The molecule has 1 aromatic carbocycles. The molecule has 4 N–H and O–H groups in total. The molecule has 0 radical (unpaired) electrons. The van der Waals surface area contributed by atoms with Crippen LogP contribution in [-0.4, -0.2) is 53.0 Å². The van der Waals surface area contributed by atoms with Crippen molar-refractivity contribution in [3.63, 3.8) is 0 Å². The molecule has 0 saturated carbocycles. The zero-order valence-corrected chi connectivity index (χ0v) is 19.1. The van der Waals surface area contributed by atoms with Crippen molar-refractivity contribution in [2.24, 2.45) is 5.73 Å². The van der Waals surface area contributed by atoms with E-state index in [4.69, 9.17) is 19.9 Å². The average Bonchev–Trinajstić information content (AvgIpc) is 2.59. The Hall–Kier alpha value is -2.81. The van der Waals surface area contributed by atoms with E-state index in [9.17, 15) is 19.5 Å². The summed E-state index contributed by atoms with van der Waals surface area (Å²) in [6, 6.07) is 4.86. The minimum atomic E-state index is -1.16. The zero-order chi connectivity index (χ0) is 23.8. The smallest absolute Gasteiger partial charge is 0.408 e. The van der Waals surface area contributed by atoms with Crippen LogP contribution in [-0.2, 0) is 25.5 Å². The van der Waals surface area contributed by atoms with E-state index in [-0.39, 0.29) is 19.4 Å². The molecule has 31 heavy (non-hydrogen) atoms. The molecule has 9 nitrogen and oxygen atoms in total. The predicted octanol–water partition coefficient (Wildman–Crippen LogP) is 2.64. The molecule has 0 aromatic heterocycles.